The van der Waals surface area contributed by atoms with Gasteiger partial charge in [0.1, 0.15) is 4.21 Å². The molecule has 1 rings (SSSR count). The maximum Gasteiger partial charge on any atom is 0.250 e. The van der Waals surface area contributed by atoms with Crippen molar-refractivity contribution in [1.29, 1.82) is 0 Å². The van der Waals surface area contributed by atoms with Crippen LogP contribution in [0.15, 0.2) is 20.1 Å². The molecule has 3 nitrogen and oxygen atoms in total. The van der Waals surface area contributed by atoms with Crippen LogP contribution in [0.4, 0.5) is 0 Å². The van der Waals surface area contributed by atoms with Gasteiger partial charge >= 0.3 is 0 Å². The predicted octanol–water partition coefficient (Wildman–Crippen LogP) is 4.93. The summed E-state index contributed by atoms with van der Waals surface area (Å²) in [4.78, 5) is 0. The minimum Gasteiger partial charge on any atom is -0.210 e. The van der Waals surface area contributed by atoms with Crippen molar-refractivity contribution in [3.63, 3.8) is 0 Å². The molecule has 1 aromatic rings. The van der Waals surface area contributed by atoms with Gasteiger partial charge in [-0.3, -0.25) is 0 Å². The van der Waals surface area contributed by atoms with Crippen LogP contribution in [0, 0.1) is 0 Å². The molecule has 20 heavy (non-hydrogen) atoms. The topological polar surface area (TPSA) is 46.2 Å². The molecule has 1 N–H and O–H groups in total. The Balaban J connectivity index is 2.09. The minimum atomic E-state index is -3.31. The molecule has 0 spiro atoms. The van der Waals surface area contributed by atoms with E-state index in [9.17, 15) is 8.42 Å². The molecule has 1 heterocycles. The summed E-state index contributed by atoms with van der Waals surface area (Å²) in [5.74, 6) is 0. The van der Waals surface area contributed by atoms with Crippen LogP contribution in [0.3, 0.4) is 0 Å². The van der Waals surface area contributed by atoms with Gasteiger partial charge in [-0.15, -0.1) is 11.3 Å². The molecule has 6 heteroatoms. The first-order chi connectivity index (χ1) is 9.56. The number of halogens is 1. The molecule has 0 saturated carbocycles. The van der Waals surface area contributed by atoms with E-state index in [-0.39, 0.29) is 0 Å². The maximum atomic E-state index is 11.9. The van der Waals surface area contributed by atoms with Crippen molar-refractivity contribution in [3.05, 3.63) is 15.9 Å². The van der Waals surface area contributed by atoms with E-state index in [1.165, 1.54) is 49.9 Å². The second-order valence-electron chi connectivity index (χ2n) is 4.93. The highest BCUT2D eigenvalue weighted by molar-refractivity contribution is 9.11. The van der Waals surface area contributed by atoms with Gasteiger partial charge in [0.25, 0.3) is 0 Å². The first kappa shape index (κ1) is 18.1. The second-order valence-corrected chi connectivity index (χ2v) is 9.39. The van der Waals surface area contributed by atoms with Crippen LogP contribution in [-0.2, 0) is 10.0 Å². The molecular weight excluding hydrogens is 358 g/mol. The van der Waals surface area contributed by atoms with Gasteiger partial charge in [-0.25, -0.2) is 13.1 Å². The lowest BCUT2D eigenvalue weighted by Crippen LogP contribution is -2.23. The Kier molecular flexibility index (Phi) is 9.00. The quantitative estimate of drug-likeness (QED) is 0.552. The normalized spacial score (nSPS) is 11.9. The van der Waals surface area contributed by atoms with Crippen LogP contribution in [0.2, 0.25) is 0 Å². The number of rotatable bonds is 11. The molecule has 0 aliphatic carbocycles. The molecule has 1 aromatic heterocycles. The molecule has 0 aliphatic rings. The van der Waals surface area contributed by atoms with Gasteiger partial charge in [0, 0.05) is 6.54 Å². The third kappa shape index (κ3) is 7.20. The Morgan fingerprint density at radius 1 is 1.05 bits per heavy atom. The first-order valence-corrected chi connectivity index (χ1v) is 10.4. The van der Waals surface area contributed by atoms with Crippen LogP contribution in [-0.4, -0.2) is 15.0 Å². The molecular formula is C14H24BrNO2S2. The van der Waals surface area contributed by atoms with Gasteiger partial charge in [0.05, 0.1) is 3.79 Å². The van der Waals surface area contributed by atoms with Crippen LogP contribution < -0.4 is 4.72 Å². The Hall–Kier alpha value is 0.0900. The van der Waals surface area contributed by atoms with E-state index in [1.54, 1.807) is 12.1 Å². The number of sulfonamides is 1. The zero-order valence-electron chi connectivity index (χ0n) is 12.0. The Morgan fingerprint density at radius 3 is 2.20 bits per heavy atom. The molecule has 0 saturated heterocycles. The maximum absolute atomic E-state index is 11.9. The standard InChI is InChI=1S/C14H24BrNO2S2/c1-2-3-4-5-6-7-8-9-12-16-20(17,18)14-11-10-13(15)19-14/h10-11,16H,2-9,12H2,1H3. The number of hydrogen-bond acceptors (Lipinski definition) is 3. The van der Waals surface area contributed by atoms with Crippen LogP contribution >= 0.6 is 27.3 Å². The predicted molar refractivity (Wildman–Crippen MR) is 89.8 cm³/mol. The fraction of sp³-hybridized carbons (Fsp3) is 0.714. The van der Waals surface area contributed by atoms with Crippen molar-refractivity contribution in [2.24, 2.45) is 0 Å². The van der Waals surface area contributed by atoms with Crippen LogP contribution in [0.5, 0.6) is 0 Å². The first-order valence-electron chi connectivity index (χ1n) is 7.31. The summed E-state index contributed by atoms with van der Waals surface area (Å²) in [6, 6.07) is 3.39. The van der Waals surface area contributed by atoms with Crippen molar-refractivity contribution in [1.82, 2.24) is 4.72 Å². The fourth-order valence-electron chi connectivity index (χ4n) is 1.98. The number of unbranched alkanes of at least 4 members (excludes halogenated alkanes) is 7. The third-order valence-corrected chi connectivity index (χ3v) is 6.71. The summed E-state index contributed by atoms with van der Waals surface area (Å²) >= 11 is 4.52. The number of hydrogen-bond donors (Lipinski definition) is 1. The largest absolute Gasteiger partial charge is 0.250 e. The van der Waals surface area contributed by atoms with E-state index in [2.05, 4.69) is 27.6 Å². The average Bonchev–Trinajstić information content (AvgIpc) is 2.84. The smallest absolute Gasteiger partial charge is 0.210 e. The zero-order valence-corrected chi connectivity index (χ0v) is 15.2. The van der Waals surface area contributed by atoms with Gasteiger partial charge in [0.15, 0.2) is 0 Å². The highest BCUT2D eigenvalue weighted by Crippen LogP contribution is 2.25. The van der Waals surface area contributed by atoms with Gasteiger partial charge in [0.2, 0.25) is 10.0 Å². The van der Waals surface area contributed by atoms with E-state index in [0.717, 1.165) is 16.6 Å². The number of thiophene rings is 1. The number of nitrogens with one attached hydrogen (secondary N) is 1. The van der Waals surface area contributed by atoms with Gasteiger partial charge in [-0.05, 0) is 34.5 Å². The molecule has 0 radical (unpaired) electrons. The van der Waals surface area contributed by atoms with Crippen molar-refractivity contribution in [3.8, 4) is 0 Å². The summed E-state index contributed by atoms with van der Waals surface area (Å²) < 4.78 is 27.7. The summed E-state index contributed by atoms with van der Waals surface area (Å²) in [6.45, 7) is 2.76. The highest BCUT2D eigenvalue weighted by Gasteiger charge is 2.15. The minimum absolute atomic E-state index is 0.379. The van der Waals surface area contributed by atoms with Crippen molar-refractivity contribution >= 4 is 37.3 Å². The highest BCUT2D eigenvalue weighted by atomic mass is 79.9. The van der Waals surface area contributed by atoms with Crippen LogP contribution in [0.1, 0.15) is 58.3 Å². The SMILES string of the molecule is CCCCCCCCCCNS(=O)(=O)c1ccc(Br)s1. The summed E-state index contributed by atoms with van der Waals surface area (Å²) in [5.41, 5.74) is 0. The Morgan fingerprint density at radius 2 is 1.65 bits per heavy atom. The monoisotopic (exact) mass is 381 g/mol. The lowest BCUT2D eigenvalue weighted by molar-refractivity contribution is 0.560. The Labute approximate surface area is 135 Å². The molecule has 116 valence electrons. The second kappa shape index (κ2) is 9.92. The van der Waals surface area contributed by atoms with Crippen molar-refractivity contribution in [2.45, 2.75) is 62.5 Å². The molecule has 0 bridgehead atoms. The van der Waals surface area contributed by atoms with E-state index in [4.69, 9.17) is 0 Å². The summed E-state index contributed by atoms with van der Waals surface area (Å²) in [5, 5.41) is 0. The molecule has 0 atom stereocenters. The van der Waals surface area contributed by atoms with Crippen molar-refractivity contribution < 1.29 is 8.42 Å². The molecule has 0 unspecified atom stereocenters. The average molecular weight is 382 g/mol. The van der Waals surface area contributed by atoms with E-state index >= 15 is 0 Å². The van der Waals surface area contributed by atoms with Gasteiger partial charge in [-0.1, -0.05) is 51.9 Å². The van der Waals surface area contributed by atoms with E-state index < -0.39 is 10.0 Å². The summed E-state index contributed by atoms with van der Waals surface area (Å²) in [7, 11) is -3.31. The lowest BCUT2D eigenvalue weighted by Gasteiger charge is -2.04. The van der Waals surface area contributed by atoms with Crippen LogP contribution in [0.25, 0.3) is 0 Å². The van der Waals surface area contributed by atoms with E-state index in [0.29, 0.717) is 10.8 Å². The van der Waals surface area contributed by atoms with E-state index in [1.807, 2.05) is 0 Å². The Bertz CT molecular complexity index is 471. The molecule has 0 aliphatic heterocycles. The third-order valence-electron chi connectivity index (χ3n) is 3.14. The molecule has 0 amide bonds. The van der Waals surface area contributed by atoms with Crippen molar-refractivity contribution in [2.75, 3.05) is 6.54 Å². The van der Waals surface area contributed by atoms with Gasteiger partial charge < -0.3 is 0 Å². The van der Waals surface area contributed by atoms with Gasteiger partial charge in [-0.2, -0.15) is 0 Å². The molecule has 0 fully saturated rings. The summed E-state index contributed by atoms with van der Waals surface area (Å²) in [6.07, 6.45) is 9.74. The zero-order chi connectivity index (χ0) is 14.8. The molecule has 0 aromatic carbocycles. The lowest BCUT2D eigenvalue weighted by atomic mass is 10.1. The fourth-order valence-corrected chi connectivity index (χ4v) is 5.11.